The summed E-state index contributed by atoms with van der Waals surface area (Å²) in [4.78, 5) is 30.6. The van der Waals surface area contributed by atoms with E-state index in [1.165, 1.54) is 89.9 Å². The Morgan fingerprint density at radius 1 is 0.477 bits per heavy atom. The van der Waals surface area contributed by atoms with Gasteiger partial charge in [-0.1, -0.05) is 117 Å². The van der Waals surface area contributed by atoms with Crippen LogP contribution in [0.3, 0.4) is 0 Å². The number of carbonyl (C=O) groups excluding carboxylic acids is 2. The molecule has 0 saturated heterocycles. The van der Waals surface area contributed by atoms with Crippen LogP contribution in [0, 0.1) is 0 Å². The van der Waals surface area contributed by atoms with E-state index in [2.05, 4.69) is 37.5 Å². The Balaban J connectivity index is 2.26. The van der Waals surface area contributed by atoms with Gasteiger partial charge in [-0.15, -0.1) is 0 Å². The molecular weight excluding hydrogens is 548 g/mol. The van der Waals surface area contributed by atoms with Gasteiger partial charge in [-0.3, -0.25) is 0 Å². The Morgan fingerprint density at radius 3 is 1.14 bits per heavy atom. The first kappa shape index (κ1) is 40.1. The van der Waals surface area contributed by atoms with E-state index in [-0.39, 0.29) is 0 Å². The predicted molar refractivity (Wildman–Crippen MR) is 186 cm³/mol. The molecule has 0 fully saturated rings. The molecule has 0 aliphatic carbocycles. The molecule has 0 aromatic heterocycles. The second-order valence-electron chi connectivity index (χ2n) is 12.3. The fraction of sp³-hybridized carbons (Fsp3) is 0.789. The fourth-order valence-electron chi connectivity index (χ4n) is 5.64. The van der Waals surface area contributed by atoms with Crippen molar-refractivity contribution in [3.05, 3.63) is 35.4 Å². The molecule has 0 atom stereocenters. The van der Waals surface area contributed by atoms with Crippen LogP contribution in [0.5, 0.6) is 0 Å². The zero-order valence-corrected chi connectivity index (χ0v) is 29.2. The minimum Gasteiger partial charge on any atom is -0.462 e. The van der Waals surface area contributed by atoms with Crippen molar-refractivity contribution < 1.29 is 19.1 Å². The van der Waals surface area contributed by atoms with E-state index in [0.29, 0.717) is 24.3 Å². The molecule has 6 nitrogen and oxygen atoms in total. The number of hydrogen-bond donors (Lipinski definition) is 0. The van der Waals surface area contributed by atoms with E-state index < -0.39 is 11.9 Å². The number of esters is 2. The molecule has 0 aliphatic heterocycles. The van der Waals surface area contributed by atoms with Crippen LogP contribution in [0.25, 0.3) is 0 Å². The van der Waals surface area contributed by atoms with Gasteiger partial charge < -0.3 is 19.3 Å². The average molecular weight is 617 g/mol. The molecule has 0 spiro atoms. The van der Waals surface area contributed by atoms with Gasteiger partial charge in [0, 0.05) is 0 Å². The maximum Gasteiger partial charge on any atom is 0.339 e. The number of unbranched alkanes of at least 4 members (excludes halogenated alkanes) is 14. The first-order chi connectivity index (χ1) is 21.6. The standard InChI is InChI=1S/C38H68N2O4/c1-5-9-11-13-15-17-21-29-39(7-3)31-23-25-33-43-37(41)35-27-19-20-28-36(35)38(42)44-34-26-24-32-40(8-4)30-22-18-16-14-12-10-6-2/h19-20,27-28H,5-18,21-26,29-34H2,1-4H3. The highest BCUT2D eigenvalue weighted by atomic mass is 16.5. The largest absolute Gasteiger partial charge is 0.462 e. The highest BCUT2D eigenvalue weighted by Gasteiger charge is 2.19. The summed E-state index contributed by atoms with van der Waals surface area (Å²) in [6, 6.07) is 6.84. The minimum atomic E-state index is -0.447. The van der Waals surface area contributed by atoms with E-state index in [4.69, 9.17) is 9.47 Å². The Labute approximate surface area is 271 Å². The third-order valence-corrected chi connectivity index (χ3v) is 8.62. The quantitative estimate of drug-likeness (QED) is 0.0633. The summed E-state index contributed by atoms with van der Waals surface area (Å²) >= 11 is 0. The average Bonchev–Trinajstić information content (AvgIpc) is 3.04. The molecule has 0 bridgehead atoms. The molecule has 6 heteroatoms. The Hall–Kier alpha value is -1.92. The third kappa shape index (κ3) is 20.2. The molecule has 1 aromatic carbocycles. The van der Waals surface area contributed by atoms with Crippen molar-refractivity contribution in [2.24, 2.45) is 0 Å². The molecule has 254 valence electrons. The van der Waals surface area contributed by atoms with E-state index >= 15 is 0 Å². The zero-order valence-electron chi connectivity index (χ0n) is 29.2. The number of benzene rings is 1. The molecule has 1 rings (SSSR count). The number of rotatable bonds is 30. The van der Waals surface area contributed by atoms with Crippen molar-refractivity contribution in [2.75, 3.05) is 52.5 Å². The van der Waals surface area contributed by atoms with Crippen LogP contribution in [0.4, 0.5) is 0 Å². The fourth-order valence-corrected chi connectivity index (χ4v) is 5.64. The smallest absolute Gasteiger partial charge is 0.339 e. The van der Waals surface area contributed by atoms with Crippen molar-refractivity contribution in [2.45, 2.75) is 143 Å². The lowest BCUT2D eigenvalue weighted by atomic mass is 10.1. The number of hydrogen-bond acceptors (Lipinski definition) is 6. The highest BCUT2D eigenvalue weighted by molar-refractivity contribution is 6.03. The summed E-state index contributed by atoms with van der Waals surface area (Å²) in [5.74, 6) is -0.895. The lowest BCUT2D eigenvalue weighted by Crippen LogP contribution is -2.26. The monoisotopic (exact) mass is 617 g/mol. The van der Waals surface area contributed by atoms with Crippen molar-refractivity contribution in [3.63, 3.8) is 0 Å². The van der Waals surface area contributed by atoms with E-state index in [9.17, 15) is 9.59 Å². The SMILES string of the molecule is CCCCCCCCCN(CC)CCCCOC(=O)c1ccccc1C(=O)OCCCCN(CC)CCCCCCCCC. The van der Waals surface area contributed by atoms with Gasteiger partial charge in [-0.2, -0.15) is 0 Å². The Morgan fingerprint density at radius 2 is 0.795 bits per heavy atom. The van der Waals surface area contributed by atoms with Gasteiger partial charge in [0.05, 0.1) is 24.3 Å². The molecule has 44 heavy (non-hydrogen) atoms. The van der Waals surface area contributed by atoms with Crippen molar-refractivity contribution in [1.29, 1.82) is 0 Å². The van der Waals surface area contributed by atoms with E-state index in [0.717, 1.165) is 65.0 Å². The van der Waals surface area contributed by atoms with Crippen LogP contribution in [-0.4, -0.2) is 74.2 Å². The van der Waals surface area contributed by atoms with Gasteiger partial charge in [0.25, 0.3) is 0 Å². The molecular formula is C38H68N2O4. The number of ether oxygens (including phenoxy) is 2. The summed E-state index contributed by atoms with van der Waals surface area (Å²) in [6.07, 6.45) is 22.3. The third-order valence-electron chi connectivity index (χ3n) is 8.62. The van der Waals surface area contributed by atoms with E-state index in [1.54, 1.807) is 24.3 Å². The van der Waals surface area contributed by atoms with Gasteiger partial charge >= 0.3 is 11.9 Å². The van der Waals surface area contributed by atoms with Gasteiger partial charge in [-0.05, 0) is 89.9 Å². The lowest BCUT2D eigenvalue weighted by molar-refractivity contribution is 0.0448. The molecule has 0 aliphatic rings. The molecule has 0 radical (unpaired) electrons. The van der Waals surface area contributed by atoms with Gasteiger partial charge in [-0.25, -0.2) is 9.59 Å². The molecule has 1 aromatic rings. The molecule has 0 N–H and O–H groups in total. The Bertz CT molecular complexity index is 764. The van der Waals surface area contributed by atoms with Gasteiger partial charge in [0.2, 0.25) is 0 Å². The van der Waals surface area contributed by atoms with Crippen molar-refractivity contribution >= 4 is 11.9 Å². The van der Waals surface area contributed by atoms with Crippen LogP contribution < -0.4 is 0 Å². The summed E-state index contributed by atoms with van der Waals surface area (Å²) < 4.78 is 11.1. The maximum atomic E-state index is 12.8. The first-order valence-corrected chi connectivity index (χ1v) is 18.4. The van der Waals surface area contributed by atoms with Crippen LogP contribution >= 0.6 is 0 Å². The maximum absolute atomic E-state index is 12.8. The first-order valence-electron chi connectivity index (χ1n) is 18.4. The topological polar surface area (TPSA) is 59.1 Å². The molecule has 0 heterocycles. The highest BCUT2D eigenvalue weighted by Crippen LogP contribution is 2.14. The van der Waals surface area contributed by atoms with Gasteiger partial charge in [0.15, 0.2) is 0 Å². The summed E-state index contributed by atoms with van der Waals surface area (Å²) in [7, 11) is 0. The van der Waals surface area contributed by atoms with Crippen LogP contribution in [-0.2, 0) is 9.47 Å². The van der Waals surface area contributed by atoms with Crippen molar-refractivity contribution in [3.8, 4) is 0 Å². The summed E-state index contributed by atoms with van der Waals surface area (Å²) in [6.45, 7) is 16.2. The second-order valence-corrected chi connectivity index (χ2v) is 12.3. The van der Waals surface area contributed by atoms with Crippen LogP contribution in [0.1, 0.15) is 164 Å². The molecule has 0 unspecified atom stereocenters. The molecule has 0 amide bonds. The van der Waals surface area contributed by atoms with Crippen molar-refractivity contribution in [1.82, 2.24) is 9.80 Å². The van der Waals surface area contributed by atoms with Gasteiger partial charge in [0.1, 0.15) is 0 Å². The predicted octanol–water partition coefficient (Wildman–Crippen LogP) is 9.71. The number of carbonyl (C=O) groups is 2. The minimum absolute atomic E-state index is 0.290. The van der Waals surface area contributed by atoms with Crippen LogP contribution in [0.15, 0.2) is 24.3 Å². The zero-order chi connectivity index (χ0) is 32.1. The number of nitrogens with zero attached hydrogens (tertiary/aromatic N) is 2. The normalized spacial score (nSPS) is 11.4. The second kappa shape index (κ2) is 28.5. The molecule has 0 saturated carbocycles. The Kier molecular flexibility index (Phi) is 26.0. The summed E-state index contributed by atoms with van der Waals surface area (Å²) in [5, 5.41) is 0. The summed E-state index contributed by atoms with van der Waals surface area (Å²) in [5.41, 5.74) is 0.581. The van der Waals surface area contributed by atoms with Crippen LogP contribution in [0.2, 0.25) is 0 Å². The lowest BCUT2D eigenvalue weighted by Gasteiger charge is -2.20. The van der Waals surface area contributed by atoms with E-state index in [1.807, 2.05) is 0 Å².